The first-order chi connectivity index (χ1) is 31.9. The summed E-state index contributed by atoms with van der Waals surface area (Å²) in [5.74, 6) is 1.44. The van der Waals surface area contributed by atoms with E-state index in [0.29, 0.717) is 22.5 Å². The summed E-state index contributed by atoms with van der Waals surface area (Å²) in [5, 5.41) is 8.59. The molecule has 0 spiro atoms. The molecule has 0 atom stereocenters. The zero-order valence-electron chi connectivity index (χ0n) is 38.7. The van der Waals surface area contributed by atoms with Crippen LogP contribution in [0.15, 0.2) is 156 Å². The number of benzene rings is 7. The average Bonchev–Trinajstić information content (AvgIpc) is 3.88. The Morgan fingerprint density at radius 3 is 2.18 bits per heavy atom. The Morgan fingerprint density at radius 1 is 0.652 bits per heavy atom. The van der Waals surface area contributed by atoms with Gasteiger partial charge in [-0.2, -0.15) is 6.07 Å². The third kappa shape index (κ3) is 7.29. The summed E-state index contributed by atoms with van der Waals surface area (Å²) in [7, 11) is 0. The van der Waals surface area contributed by atoms with Crippen LogP contribution in [0.1, 0.15) is 78.7 Å². The van der Waals surface area contributed by atoms with Crippen molar-refractivity contribution >= 4 is 65.3 Å². The second-order valence-corrected chi connectivity index (χ2v) is 19.6. The summed E-state index contributed by atoms with van der Waals surface area (Å²) < 4.78 is 25.1. The van der Waals surface area contributed by atoms with Crippen molar-refractivity contribution in [3.05, 3.63) is 175 Å². The van der Waals surface area contributed by atoms with Crippen LogP contribution in [-0.2, 0) is 26.5 Å². The fourth-order valence-electron chi connectivity index (χ4n) is 10.0. The van der Waals surface area contributed by atoms with Crippen molar-refractivity contribution in [2.24, 2.45) is 5.41 Å². The van der Waals surface area contributed by atoms with E-state index in [4.69, 9.17) is 19.1 Å². The average molecular weight is 1040 g/mol. The van der Waals surface area contributed by atoms with E-state index in [9.17, 15) is 1.37 Å². The zero-order chi connectivity index (χ0) is 45.0. The molecule has 0 saturated heterocycles. The molecular weight excluding hydrogens is 990 g/mol. The van der Waals surface area contributed by atoms with Crippen LogP contribution in [-0.4, -0.2) is 14.5 Å². The monoisotopic (exact) mass is 1040 g/mol. The van der Waals surface area contributed by atoms with Crippen molar-refractivity contribution in [3.8, 4) is 39.7 Å². The molecular formula is C60H49N3O2Pt. The van der Waals surface area contributed by atoms with Crippen molar-refractivity contribution in [1.82, 2.24) is 14.5 Å². The molecule has 0 radical (unpaired) electrons. The summed E-state index contributed by atoms with van der Waals surface area (Å²) in [6, 6.07) is 56.1. The van der Waals surface area contributed by atoms with Crippen molar-refractivity contribution < 1.29 is 31.6 Å². The summed E-state index contributed by atoms with van der Waals surface area (Å²) in [6.07, 6.45) is 7.69. The van der Waals surface area contributed by atoms with E-state index in [1.807, 2.05) is 36.5 Å². The molecule has 7 aromatic carbocycles. The van der Waals surface area contributed by atoms with Gasteiger partial charge in [0.25, 0.3) is 0 Å². The van der Waals surface area contributed by atoms with Crippen molar-refractivity contribution in [3.63, 3.8) is 0 Å². The summed E-state index contributed by atoms with van der Waals surface area (Å²) in [6.45, 7) is 11.3. The molecule has 0 aliphatic heterocycles. The molecule has 4 aromatic heterocycles. The van der Waals surface area contributed by atoms with E-state index in [0.717, 1.165) is 119 Å². The molecule has 0 bridgehead atoms. The van der Waals surface area contributed by atoms with Crippen LogP contribution in [0.5, 0.6) is 11.5 Å². The molecule has 1 fully saturated rings. The zero-order valence-corrected chi connectivity index (χ0v) is 40.0. The van der Waals surface area contributed by atoms with E-state index in [1.165, 1.54) is 5.56 Å². The summed E-state index contributed by atoms with van der Waals surface area (Å²) >= 11 is 0. The molecule has 5 nitrogen and oxygen atoms in total. The van der Waals surface area contributed by atoms with Gasteiger partial charge in [0.05, 0.1) is 5.58 Å². The van der Waals surface area contributed by atoms with Gasteiger partial charge in [0.2, 0.25) is 0 Å². The third-order valence-electron chi connectivity index (χ3n) is 13.8. The van der Waals surface area contributed by atoms with Crippen LogP contribution >= 0.6 is 0 Å². The van der Waals surface area contributed by atoms with Crippen LogP contribution in [0.2, 0.25) is 0 Å². The smallest absolute Gasteiger partial charge is 0.503 e. The van der Waals surface area contributed by atoms with Gasteiger partial charge in [0, 0.05) is 41.6 Å². The number of hydrogen-bond donors (Lipinski definition) is 0. The quantitative estimate of drug-likeness (QED) is 0.123. The normalized spacial score (nSPS) is 15.1. The molecule has 0 N–H and O–H groups in total. The van der Waals surface area contributed by atoms with Gasteiger partial charge in [-0.1, -0.05) is 154 Å². The number of hydrogen-bond acceptors (Lipinski definition) is 4. The van der Waals surface area contributed by atoms with Gasteiger partial charge in [-0.25, -0.2) is 4.98 Å². The first-order valence-electron chi connectivity index (χ1n) is 23.3. The largest absolute Gasteiger partial charge is 2.00 e. The molecule has 326 valence electrons. The Kier molecular flexibility index (Phi) is 9.98. The number of rotatable bonds is 6. The first kappa shape index (κ1) is 40.9. The number of ether oxygens (including phenoxy) is 1. The maximum Gasteiger partial charge on any atom is 2.00 e. The van der Waals surface area contributed by atoms with Gasteiger partial charge in [-0.15, -0.1) is 17.5 Å². The van der Waals surface area contributed by atoms with E-state index < -0.39 is 5.89 Å². The molecule has 4 heterocycles. The van der Waals surface area contributed by atoms with Gasteiger partial charge < -0.3 is 18.7 Å². The second kappa shape index (κ2) is 16.1. The molecule has 66 heavy (non-hydrogen) atoms. The standard InChI is InChI=1S/C60H49N3O2.Pt/c1-59(2,3)42-27-31-62-56(33-42)63-54-12-7-6-10-47(54)48-22-19-43(36-55(48)63)64-44-34-51-50-24-23-46-45-20-17-40(38-15-13-37(14-16-38)39-25-28-60(4,5)29-26-39)32-41(45)18-21-49(46)57(50)65-58(51)52(35-44)53-11-8-9-30-61-53;/h6-24,27,30-34,39H,25-26,28-29H2,1-5H3;/q-2;+2/i39D;. The molecule has 1 aliphatic rings. The van der Waals surface area contributed by atoms with Crippen LogP contribution < -0.4 is 4.74 Å². The minimum Gasteiger partial charge on any atom is -0.503 e. The molecule has 0 unspecified atom stereocenters. The fraction of sp³-hybridized carbons (Fsp3) is 0.200. The number of aromatic nitrogens is 3. The van der Waals surface area contributed by atoms with Crippen molar-refractivity contribution in [2.75, 3.05) is 0 Å². The molecule has 12 rings (SSSR count). The maximum atomic E-state index is 9.27. The predicted molar refractivity (Wildman–Crippen MR) is 267 cm³/mol. The van der Waals surface area contributed by atoms with Gasteiger partial charge in [0.15, 0.2) is 0 Å². The van der Waals surface area contributed by atoms with E-state index >= 15 is 0 Å². The van der Waals surface area contributed by atoms with Gasteiger partial charge >= 0.3 is 21.1 Å². The molecule has 6 heteroatoms. The van der Waals surface area contributed by atoms with Gasteiger partial charge in [-0.05, 0) is 122 Å². The molecule has 1 aliphatic carbocycles. The van der Waals surface area contributed by atoms with E-state index in [1.54, 1.807) is 6.20 Å². The second-order valence-electron chi connectivity index (χ2n) is 19.6. The number of fused-ring (bicyclic) bond motifs is 10. The van der Waals surface area contributed by atoms with Crippen molar-refractivity contribution in [1.29, 1.82) is 0 Å². The minimum absolute atomic E-state index is 0. The van der Waals surface area contributed by atoms with Crippen LogP contribution in [0, 0.1) is 17.5 Å². The van der Waals surface area contributed by atoms with Crippen LogP contribution in [0.3, 0.4) is 0 Å². The maximum absolute atomic E-state index is 9.27. The first-order valence-corrected chi connectivity index (χ1v) is 22.8. The van der Waals surface area contributed by atoms with E-state index in [-0.39, 0.29) is 26.5 Å². The fourth-order valence-corrected chi connectivity index (χ4v) is 10.0. The molecule has 0 amide bonds. The molecule has 1 saturated carbocycles. The Labute approximate surface area is 401 Å². The summed E-state index contributed by atoms with van der Waals surface area (Å²) in [4.78, 5) is 9.61. The number of furan rings is 1. The minimum atomic E-state index is -0.502. The predicted octanol–water partition coefficient (Wildman–Crippen LogP) is 16.5. The number of para-hydroxylation sites is 1. The topological polar surface area (TPSA) is 53.1 Å². The van der Waals surface area contributed by atoms with Crippen LogP contribution in [0.25, 0.3) is 93.5 Å². The number of pyridine rings is 2. The Balaban J connectivity index is 0.00000494. The van der Waals surface area contributed by atoms with E-state index in [2.05, 4.69) is 161 Å². The van der Waals surface area contributed by atoms with Crippen LogP contribution in [0.4, 0.5) is 0 Å². The third-order valence-corrected chi connectivity index (χ3v) is 13.8. The Morgan fingerprint density at radius 2 is 1.38 bits per heavy atom. The SMILES string of the molecule is [2H]C1(c2ccc(-c3ccc4c(ccc5c4ccc4c6cc(Oc7[c-]c8c(cc7)c7ccccc7n8-c7cc(C(C)(C)C)ccn7)[c-]c(-c7ccccn7)c6oc45)c3)cc2)CCC(C)(C)CC1.[Pt+2]. The Hall–Kier alpha value is -6.55. The molecule has 11 aromatic rings. The van der Waals surface area contributed by atoms with Gasteiger partial charge in [-0.3, -0.25) is 0 Å². The van der Waals surface area contributed by atoms with Gasteiger partial charge in [0.1, 0.15) is 11.4 Å². The summed E-state index contributed by atoms with van der Waals surface area (Å²) in [5.41, 5.74) is 9.88. The Bertz CT molecular complexity index is 3700. The van der Waals surface area contributed by atoms with Crippen molar-refractivity contribution in [2.45, 2.75) is 71.6 Å². The number of nitrogens with zero attached hydrogens (tertiary/aromatic N) is 3.